The van der Waals surface area contributed by atoms with Crippen LogP contribution in [0, 0.1) is 20.2 Å². The third-order valence-corrected chi connectivity index (χ3v) is 3.36. The third-order valence-electron chi connectivity index (χ3n) is 3.36. The second kappa shape index (κ2) is 6.74. The second-order valence-electron chi connectivity index (χ2n) is 4.55. The van der Waals surface area contributed by atoms with Crippen molar-refractivity contribution in [1.82, 2.24) is 0 Å². The van der Waals surface area contributed by atoms with Crippen LogP contribution in [-0.4, -0.2) is 40.8 Å². The van der Waals surface area contributed by atoms with Crippen LogP contribution < -0.4 is 0 Å². The number of esters is 1. The van der Waals surface area contributed by atoms with Gasteiger partial charge in [-0.2, -0.15) is 0 Å². The van der Waals surface area contributed by atoms with Crippen LogP contribution in [0.3, 0.4) is 0 Å². The van der Waals surface area contributed by atoms with Gasteiger partial charge in [-0.15, -0.1) is 0 Å². The molecule has 0 aliphatic heterocycles. The van der Waals surface area contributed by atoms with E-state index in [1.54, 1.807) is 6.07 Å². The van der Waals surface area contributed by atoms with Crippen LogP contribution in [0.2, 0.25) is 0 Å². The average molecular weight is 310 g/mol. The van der Waals surface area contributed by atoms with Crippen molar-refractivity contribution in [2.45, 2.75) is 18.4 Å². The lowest BCUT2D eigenvalue weighted by Crippen LogP contribution is -2.58. The summed E-state index contributed by atoms with van der Waals surface area (Å²) in [5.41, 5.74) is -2.72. The second-order valence-corrected chi connectivity index (χ2v) is 4.55. The summed E-state index contributed by atoms with van der Waals surface area (Å²) in [5, 5.41) is 22.4. The van der Waals surface area contributed by atoms with Gasteiger partial charge in [0, 0.05) is 16.8 Å². The lowest BCUT2D eigenvalue weighted by atomic mass is 9.76. The third kappa shape index (κ3) is 2.92. The van der Waals surface area contributed by atoms with E-state index >= 15 is 0 Å². The van der Waals surface area contributed by atoms with Gasteiger partial charge in [0.05, 0.1) is 7.11 Å². The Kier molecular flexibility index (Phi) is 5.28. The van der Waals surface area contributed by atoms with E-state index in [1.165, 1.54) is 24.3 Å². The lowest BCUT2D eigenvalue weighted by molar-refractivity contribution is -0.559. The van der Waals surface area contributed by atoms with Gasteiger partial charge in [0.15, 0.2) is 0 Å². The van der Waals surface area contributed by atoms with Gasteiger partial charge < -0.3 is 4.74 Å². The van der Waals surface area contributed by atoms with Crippen LogP contribution in [0.25, 0.3) is 0 Å². The molecule has 0 aliphatic rings. The fourth-order valence-corrected chi connectivity index (χ4v) is 2.33. The van der Waals surface area contributed by atoms with E-state index in [4.69, 9.17) is 0 Å². The largest absolute Gasteiger partial charge is 0.463 e. The molecule has 0 amide bonds. The van der Waals surface area contributed by atoms with Crippen molar-refractivity contribution >= 4 is 11.8 Å². The predicted octanol–water partition coefficient (Wildman–Crippen LogP) is 0.824. The summed E-state index contributed by atoms with van der Waals surface area (Å²) in [6.45, 7) is -0.116. The van der Waals surface area contributed by atoms with Crippen molar-refractivity contribution in [2.75, 3.05) is 13.7 Å². The quantitative estimate of drug-likeness (QED) is 0.315. The first-order valence-electron chi connectivity index (χ1n) is 6.19. The molecular formula is C13H14N2O7. The highest BCUT2D eigenvalue weighted by Gasteiger charge is 2.65. The molecule has 2 unspecified atom stereocenters. The van der Waals surface area contributed by atoms with Crippen LogP contribution in [0.4, 0.5) is 0 Å². The molecule has 0 heterocycles. The number of hydrogen-bond acceptors (Lipinski definition) is 7. The molecule has 1 aromatic carbocycles. The van der Waals surface area contributed by atoms with Crippen LogP contribution in [0.1, 0.15) is 18.4 Å². The Hall–Kier alpha value is -2.84. The van der Waals surface area contributed by atoms with Crippen LogP contribution in [0.5, 0.6) is 0 Å². The molecule has 2 atom stereocenters. The normalized spacial score (nSPS) is 14.5. The van der Waals surface area contributed by atoms with Gasteiger partial charge in [-0.3, -0.25) is 25.0 Å². The number of methoxy groups -OCH3 is 1. The first-order chi connectivity index (χ1) is 10.3. The Balaban J connectivity index is 3.63. The molecule has 0 radical (unpaired) electrons. The standard InChI is InChI=1S/C13H14N2O7/c1-9(16)13(15(20)21,12(17)22-2)11(8-14(18)19)10-6-4-3-5-7-10/h3-7,11H,8H2,1-2H3. The van der Waals surface area contributed by atoms with E-state index in [-0.39, 0.29) is 5.56 Å². The SMILES string of the molecule is COC(=O)C(C(C)=O)(C(C[N+](=O)[O-])c1ccccc1)[N+](=O)[O-]. The fraction of sp³-hybridized carbons (Fsp3) is 0.385. The molecule has 0 fully saturated rings. The molecule has 1 aromatic rings. The van der Waals surface area contributed by atoms with Crippen molar-refractivity contribution in [1.29, 1.82) is 0 Å². The maximum Gasteiger partial charge on any atom is 0.393 e. The smallest absolute Gasteiger partial charge is 0.393 e. The molecule has 0 aliphatic carbocycles. The molecule has 0 spiro atoms. The van der Waals surface area contributed by atoms with E-state index in [2.05, 4.69) is 4.74 Å². The highest BCUT2D eigenvalue weighted by molar-refractivity contribution is 6.07. The fourth-order valence-electron chi connectivity index (χ4n) is 2.33. The Morgan fingerprint density at radius 2 is 1.77 bits per heavy atom. The molecule has 0 aromatic heterocycles. The molecule has 0 saturated heterocycles. The number of hydrogen-bond donors (Lipinski definition) is 0. The minimum Gasteiger partial charge on any atom is -0.463 e. The molecule has 1 rings (SSSR count). The Morgan fingerprint density at radius 1 is 1.23 bits per heavy atom. The van der Waals surface area contributed by atoms with Crippen molar-refractivity contribution in [3.05, 3.63) is 56.1 Å². The van der Waals surface area contributed by atoms with Crippen molar-refractivity contribution < 1.29 is 24.2 Å². The van der Waals surface area contributed by atoms with Crippen LogP contribution in [0.15, 0.2) is 30.3 Å². The number of benzene rings is 1. The number of ketones is 1. The zero-order valence-corrected chi connectivity index (χ0v) is 11.9. The minimum atomic E-state index is -2.86. The van der Waals surface area contributed by atoms with Gasteiger partial charge in [-0.25, -0.2) is 4.79 Å². The summed E-state index contributed by atoms with van der Waals surface area (Å²) in [5.74, 6) is -4.13. The van der Waals surface area contributed by atoms with E-state index < -0.39 is 39.6 Å². The molecule has 118 valence electrons. The maximum atomic E-state index is 12.0. The molecule has 0 saturated carbocycles. The van der Waals surface area contributed by atoms with Gasteiger partial charge in [0.2, 0.25) is 12.3 Å². The molecule has 9 heteroatoms. The van der Waals surface area contributed by atoms with E-state index in [0.29, 0.717) is 0 Å². The Bertz CT molecular complexity index is 586. The highest BCUT2D eigenvalue weighted by Crippen LogP contribution is 2.34. The highest BCUT2D eigenvalue weighted by atomic mass is 16.6. The number of carbonyl (C=O) groups is 2. The number of Topliss-reactive ketones (excluding diaryl/α,β-unsaturated/α-hetero) is 1. The maximum absolute atomic E-state index is 12.0. The average Bonchev–Trinajstić information content (AvgIpc) is 2.46. The predicted molar refractivity (Wildman–Crippen MR) is 73.5 cm³/mol. The zero-order chi connectivity index (χ0) is 16.9. The summed E-state index contributed by atoms with van der Waals surface area (Å²) in [6, 6.07) is 7.39. The molecule has 22 heavy (non-hydrogen) atoms. The molecule has 0 N–H and O–H groups in total. The van der Waals surface area contributed by atoms with Gasteiger partial charge in [-0.1, -0.05) is 30.3 Å². The van der Waals surface area contributed by atoms with Crippen LogP contribution >= 0.6 is 0 Å². The van der Waals surface area contributed by atoms with Crippen molar-refractivity contribution in [3.8, 4) is 0 Å². The molecule has 9 nitrogen and oxygen atoms in total. The number of carbonyl (C=O) groups excluding carboxylic acids is 2. The van der Waals surface area contributed by atoms with Gasteiger partial charge in [0.25, 0.3) is 0 Å². The monoisotopic (exact) mass is 310 g/mol. The summed E-state index contributed by atoms with van der Waals surface area (Å²) in [6.07, 6.45) is 0. The first-order valence-corrected chi connectivity index (χ1v) is 6.19. The van der Waals surface area contributed by atoms with E-state index in [9.17, 15) is 29.8 Å². The summed E-state index contributed by atoms with van der Waals surface area (Å²) in [4.78, 5) is 44.5. The van der Waals surface area contributed by atoms with E-state index in [0.717, 1.165) is 14.0 Å². The summed E-state index contributed by atoms with van der Waals surface area (Å²) in [7, 11) is 0.887. The number of ether oxygens (including phenoxy) is 1. The summed E-state index contributed by atoms with van der Waals surface area (Å²) < 4.78 is 4.40. The number of nitro groups is 2. The van der Waals surface area contributed by atoms with Gasteiger partial charge in [0.1, 0.15) is 5.92 Å². The van der Waals surface area contributed by atoms with Crippen molar-refractivity contribution in [2.24, 2.45) is 0 Å². The topological polar surface area (TPSA) is 130 Å². The zero-order valence-electron chi connectivity index (χ0n) is 11.9. The Labute approximate surface area is 125 Å². The van der Waals surface area contributed by atoms with E-state index in [1.807, 2.05) is 0 Å². The van der Waals surface area contributed by atoms with Crippen molar-refractivity contribution in [3.63, 3.8) is 0 Å². The van der Waals surface area contributed by atoms with Crippen LogP contribution in [-0.2, 0) is 14.3 Å². The molecular weight excluding hydrogens is 296 g/mol. The Morgan fingerprint density at radius 3 is 2.14 bits per heavy atom. The lowest BCUT2D eigenvalue weighted by Gasteiger charge is -2.26. The minimum absolute atomic E-state index is 0.136. The number of nitrogens with zero attached hydrogens (tertiary/aromatic N) is 2. The van der Waals surface area contributed by atoms with Gasteiger partial charge in [-0.05, 0) is 5.56 Å². The van der Waals surface area contributed by atoms with Gasteiger partial charge >= 0.3 is 11.5 Å². The summed E-state index contributed by atoms with van der Waals surface area (Å²) >= 11 is 0. The molecule has 0 bridgehead atoms. The first kappa shape index (κ1) is 17.2. The number of rotatable bonds is 7.